The molecule has 12 rings (SSSR count). The first-order valence-electron chi connectivity index (χ1n) is 38.7. The van der Waals surface area contributed by atoms with Gasteiger partial charge in [0.15, 0.2) is 0 Å². The molecule has 0 spiro atoms. The summed E-state index contributed by atoms with van der Waals surface area (Å²) in [5.74, 6) is -11.8. The highest BCUT2D eigenvalue weighted by atomic mass is 35.6. The highest BCUT2D eigenvalue weighted by Gasteiger charge is 2.70. The second kappa shape index (κ2) is 46.2. The van der Waals surface area contributed by atoms with Crippen molar-refractivity contribution in [1.82, 2.24) is 15.0 Å². The molecule has 27 nitrogen and oxygen atoms in total. The van der Waals surface area contributed by atoms with Crippen molar-refractivity contribution in [3.8, 4) is 0 Å². The Morgan fingerprint density at radius 1 is 0.623 bits per heavy atom. The minimum atomic E-state index is -6.49. The van der Waals surface area contributed by atoms with Crippen LogP contribution in [0.5, 0.6) is 0 Å². The fourth-order valence-corrected chi connectivity index (χ4v) is 21.9. The molecule has 12 atom stereocenters. The molecule has 4 aliphatic heterocycles. The molecule has 676 valence electrons. The molecule has 4 heterocycles. The molecule has 12 unspecified atom stereocenters. The summed E-state index contributed by atoms with van der Waals surface area (Å²) in [6.45, 7) is 27.7. The Labute approximate surface area is 740 Å². The fraction of sp³-hybridized carbons (Fsp3) is 0.632. The van der Waals surface area contributed by atoms with E-state index >= 15 is 8.78 Å². The topological polar surface area (TPSA) is 368 Å². The van der Waals surface area contributed by atoms with Gasteiger partial charge in [-0.3, -0.25) is 47.2 Å². The summed E-state index contributed by atoms with van der Waals surface area (Å²) >= 11 is 17.6. The van der Waals surface area contributed by atoms with Crippen LogP contribution in [0.3, 0.4) is 0 Å². The van der Waals surface area contributed by atoms with Crippen molar-refractivity contribution in [2.24, 2.45) is 35.5 Å². The van der Waals surface area contributed by atoms with Crippen molar-refractivity contribution in [2.45, 2.75) is 241 Å². The number of halogens is 8. The second-order valence-corrected chi connectivity index (χ2v) is 47.5. The molecule has 4 bridgehead atoms. The third-order valence-corrected chi connectivity index (χ3v) is 28.3. The van der Waals surface area contributed by atoms with E-state index in [4.69, 9.17) is 56.9 Å². The van der Waals surface area contributed by atoms with Crippen LogP contribution in [-0.2, 0) is 91.4 Å². The van der Waals surface area contributed by atoms with Crippen LogP contribution in [0.4, 0.5) is 21.4 Å². The van der Waals surface area contributed by atoms with Crippen molar-refractivity contribution in [3.63, 3.8) is 0 Å². The van der Waals surface area contributed by atoms with Crippen molar-refractivity contribution < 1.29 is 130 Å². The predicted octanol–water partition coefficient (Wildman–Crippen LogP) is 14.2. The minimum absolute atomic E-state index is 0. The summed E-state index contributed by atoms with van der Waals surface area (Å²) in [5, 5.41) is -2.16. The molecule has 46 heteroatoms. The third-order valence-electron chi connectivity index (χ3n) is 20.6. The number of carbonyl (C=O) groups excluding carboxylic acids is 8. The van der Waals surface area contributed by atoms with E-state index in [2.05, 4.69) is 112 Å². The molecule has 6 radical (unpaired) electrons. The lowest BCUT2D eigenvalue weighted by Gasteiger charge is -2.28. The smallest absolute Gasteiger partial charge is 0.465 e. The first kappa shape index (κ1) is 109. The standard InChI is InChI=1S/C31H33F2NO12S3.C22H25NO5S.C9H9F3O7S2.C8H19N.C3H9ClSi.CH2Cl2.2CH4.B4/c1-3-5-7-16(4-2)14-43-24(35)15-47-23-11-10-20-25-18(23)8-6-9-19(25)28(36)34(29(20)37)46-49(41,42)31(32,33)30(38)44-26-17-12-21-22(13-17)45-48(39,40)27(21)26;1-3-5-7-14(4-2)12-28-19(24)13-29-18-11-10-17-20-15(18)8-6-9-16(20)21(25)23(27)22(17)26;10-9(11,21(12,16)17)8(13)18-6-3-1-4-5(2-3)19-20(14,15)7(4)6;1-6-9(7(2)3)8(4)5;1-5(2,3)4;2-1-3;;;1-4(2)3/h6,8-11,16-17,21-22,26-27H,3-5,7,12-15H2,1-2H3;6,8-11,14,27H,3-5,7,12-13H2,1-2H3;3-7H,1-2H2;7-8H,6H2,1-5H3;1-3H3;1H2;2*1H4;. The van der Waals surface area contributed by atoms with E-state index in [1.807, 2.05) is 13.0 Å². The fourth-order valence-electron chi connectivity index (χ4n) is 15.2. The van der Waals surface area contributed by atoms with Crippen molar-refractivity contribution in [1.29, 1.82) is 0 Å². The summed E-state index contributed by atoms with van der Waals surface area (Å²) in [4.78, 5) is 103. The number of thioether (sulfide) groups is 2. The molecule has 4 saturated carbocycles. The molecule has 2 saturated heterocycles. The minimum Gasteiger partial charge on any atom is -0.465 e. The van der Waals surface area contributed by atoms with Crippen LogP contribution in [0.25, 0.3) is 21.5 Å². The SMILES string of the molecule is C.C.CCCCC(CC)COC(=O)CSc1ccc2c3c(cccc13)C(=O)N(O)C2=O.CCCCC(CC)COC(=O)CSc1ccc2c3c(cccc13)C(=O)N(OS(=O)(=O)C(F)(F)C(=O)OC1C3CC4OS(=O)(=O)C1C4C3)C2=O.CCN(C(C)C)C(C)C.C[Si](C)(C)Cl.ClCCl.O=C(OC1C2CC3OS(=O)(=O)C1C3C2)C(F)(F)S(=O)(=O)F.[B]B([B])[B]. The van der Waals surface area contributed by atoms with Crippen LogP contribution in [0.15, 0.2) is 70.5 Å². The zero-order valence-electron chi connectivity index (χ0n) is 68.0. The molecule has 4 aromatic rings. The van der Waals surface area contributed by atoms with Gasteiger partial charge in [0.25, 0.3) is 43.9 Å². The van der Waals surface area contributed by atoms with Crippen molar-refractivity contribution >= 4 is 204 Å². The van der Waals surface area contributed by atoms with Gasteiger partial charge in [0, 0.05) is 85.9 Å². The first-order valence-corrected chi connectivity index (χ1v) is 51.9. The Kier molecular flexibility index (Phi) is 41.4. The normalized spacial score (nSPS) is 22.5. The number of imide groups is 2. The first-order chi connectivity index (χ1) is 55.8. The molecule has 4 amide bonds. The number of hydrogen-bond donors (Lipinski definition) is 1. The van der Waals surface area contributed by atoms with Gasteiger partial charge in [-0.1, -0.05) is 136 Å². The second-order valence-electron chi connectivity index (χ2n) is 30.8. The number of benzene rings is 4. The largest absolute Gasteiger partial charge is 0.470 e. The van der Waals surface area contributed by atoms with Gasteiger partial charge in [0.2, 0.25) is 0 Å². The average molecular weight is 1910 g/mol. The number of alkyl halides is 6. The van der Waals surface area contributed by atoms with E-state index in [0.717, 1.165) is 74.6 Å². The maximum atomic E-state index is 15.2. The number of carbonyl (C=O) groups is 8. The molecule has 4 aromatic carbocycles. The average Bonchev–Trinajstić information content (AvgIpc) is 1.54. The third kappa shape index (κ3) is 26.8. The maximum absolute atomic E-state index is 15.2. The number of nitrogens with zero attached hydrogens (tertiary/aromatic N) is 3. The molecule has 4 aliphatic carbocycles. The van der Waals surface area contributed by atoms with Gasteiger partial charge < -0.3 is 18.9 Å². The highest BCUT2D eigenvalue weighted by molar-refractivity contribution is 8.00. The Morgan fingerprint density at radius 3 is 1.30 bits per heavy atom. The number of rotatable bonds is 29. The Hall–Kier alpha value is -5.14. The lowest BCUT2D eigenvalue weighted by Crippen LogP contribution is -2.50. The number of hydrogen-bond acceptors (Lipinski definition) is 27. The Balaban J connectivity index is 0.000000362. The van der Waals surface area contributed by atoms with E-state index in [9.17, 15) is 89.9 Å². The van der Waals surface area contributed by atoms with Crippen LogP contribution in [0, 0.1) is 35.5 Å². The van der Waals surface area contributed by atoms with Crippen LogP contribution < -0.4 is 0 Å². The lowest BCUT2D eigenvalue weighted by molar-refractivity contribution is -0.170. The van der Waals surface area contributed by atoms with Crippen LogP contribution >= 0.6 is 57.8 Å². The number of fused-ring (bicyclic) bond motifs is 2. The van der Waals surface area contributed by atoms with E-state index in [-0.39, 0.29) is 107 Å². The van der Waals surface area contributed by atoms with Gasteiger partial charge in [0.1, 0.15) is 30.1 Å². The molecule has 8 aliphatic rings. The zero-order chi connectivity index (χ0) is 90.4. The van der Waals surface area contributed by atoms with Gasteiger partial charge in [0.05, 0.1) is 64.5 Å². The summed E-state index contributed by atoms with van der Waals surface area (Å²) in [7, 11) is -8.33. The predicted molar refractivity (Wildman–Crippen MR) is 463 cm³/mol. The summed E-state index contributed by atoms with van der Waals surface area (Å²) in [6.07, 6.45) is 4.13. The zero-order valence-corrected chi connectivity index (χ0v) is 76.2. The van der Waals surface area contributed by atoms with Gasteiger partial charge in [-0.2, -0.15) is 62.3 Å². The summed E-state index contributed by atoms with van der Waals surface area (Å²) in [5.41, 5.74) is 0.0171. The van der Waals surface area contributed by atoms with Gasteiger partial charge in [-0.15, -0.1) is 61.1 Å². The van der Waals surface area contributed by atoms with E-state index in [1.54, 1.807) is 30.3 Å². The van der Waals surface area contributed by atoms with Gasteiger partial charge >= 0.3 is 54.7 Å². The molecule has 122 heavy (non-hydrogen) atoms. The number of esters is 4. The monoisotopic (exact) mass is 1910 g/mol. The Morgan fingerprint density at radius 2 is 0.967 bits per heavy atom. The van der Waals surface area contributed by atoms with Gasteiger partial charge in [-0.25, -0.2) is 9.59 Å². The van der Waals surface area contributed by atoms with Crippen LogP contribution in [0.2, 0.25) is 19.6 Å². The summed E-state index contributed by atoms with van der Waals surface area (Å²) < 4.78 is 197. The summed E-state index contributed by atoms with van der Waals surface area (Å²) in [6, 6.07) is 16.7. The number of amides is 4. The van der Waals surface area contributed by atoms with Crippen molar-refractivity contribution in [3.05, 3.63) is 82.9 Å². The molecule has 0 aromatic heterocycles. The van der Waals surface area contributed by atoms with Gasteiger partial charge in [-0.05, 0) is 132 Å². The molecule has 1 N–H and O–H groups in total. The maximum Gasteiger partial charge on any atom is 0.470 e. The molecular formula is C76H105B4Cl3F5N3O24S6Si. The molecular weight excluding hydrogens is 1800 g/mol. The number of hydroxylamine groups is 4. The van der Waals surface area contributed by atoms with Crippen molar-refractivity contribution in [2.75, 3.05) is 36.6 Å². The number of ether oxygens (including phenoxy) is 4. The van der Waals surface area contributed by atoms with Crippen LogP contribution in [0.1, 0.15) is 196 Å². The van der Waals surface area contributed by atoms with Crippen LogP contribution in [-0.4, -0.2) is 233 Å². The van der Waals surface area contributed by atoms with E-state index < -0.39 is 165 Å². The van der Waals surface area contributed by atoms with E-state index in [1.165, 1.54) is 36.0 Å². The van der Waals surface area contributed by atoms with E-state index in [0.29, 0.717) is 52.1 Å². The lowest BCUT2D eigenvalue weighted by atomic mass is 9.08. The Bertz CT molecular complexity index is 4780. The highest BCUT2D eigenvalue weighted by Crippen LogP contribution is 2.57. The number of unbranched alkanes of at least 4 members (excludes halogenated alkanes) is 2. The quantitative estimate of drug-likeness (QED) is 0.00451. The molecule has 6 fully saturated rings.